The Kier molecular flexibility index (Phi) is 4.37. The fourth-order valence-corrected chi connectivity index (χ4v) is 2.00. The molecule has 1 aromatic heterocycles. The van der Waals surface area contributed by atoms with Crippen molar-refractivity contribution in [2.75, 3.05) is 13.2 Å². The number of fused-ring (bicyclic) bond motifs is 1. The molecule has 0 aliphatic carbocycles. The number of carbonyl (C=O) groups is 2. The minimum Gasteiger partial charge on any atom is -0.462 e. The van der Waals surface area contributed by atoms with Crippen LogP contribution in [0.4, 0.5) is 0 Å². The van der Waals surface area contributed by atoms with Crippen molar-refractivity contribution >= 4 is 22.8 Å². The summed E-state index contributed by atoms with van der Waals surface area (Å²) >= 11 is 0. The molecule has 0 bridgehead atoms. The van der Waals surface area contributed by atoms with Gasteiger partial charge < -0.3 is 14.5 Å². The lowest BCUT2D eigenvalue weighted by atomic mass is 10.1. The van der Waals surface area contributed by atoms with Gasteiger partial charge in [0, 0.05) is 6.07 Å². The van der Waals surface area contributed by atoms with Crippen molar-refractivity contribution < 1.29 is 19.1 Å². The molecule has 1 N–H and O–H groups in total. The second kappa shape index (κ2) is 6.21. The zero-order valence-electron chi connectivity index (χ0n) is 11.8. The van der Waals surface area contributed by atoms with Gasteiger partial charge in [-0.15, -0.1) is 0 Å². The Morgan fingerprint density at radius 3 is 2.43 bits per heavy atom. The van der Waals surface area contributed by atoms with Crippen LogP contribution in [0.25, 0.3) is 10.9 Å². The predicted molar refractivity (Wildman–Crippen MR) is 76.5 cm³/mol. The van der Waals surface area contributed by atoms with Gasteiger partial charge in [-0.05, 0) is 26.0 Å². The number of ether oxygens (including phenoxy) is 2. The maximum Gasteiger partial charge on any atom is 0.354 e. The number of hydrogen-bond donors (Lipinski definition) is 1. The van der Waals surface area contributed by atoms with Gasteiger partial charge in [0.1, 0.15) is 5.69 Å². The third-order valence-corrected chi connectivity index (χ3v) is 2.85. The summed E-state index contributed by atoms with van der Waals surface area (Å²) in [6.07, 6.45) is 0. The summed E-state index contributed by atoms with van der Waals surface area (Å²) in [5.41, 5.74) is 0.174. The van der Waals surface area contributed by atoms with Gasteiger partial charge in [0.25, 0.3) is 0 Å². The summed E-state index contributed by atoms with van der Waals surface area (Å²) in [6, 6.07) is 5.87. The lowest BCUT2D eigenvalue weighted by molar-refractivity contribution is 0.0515. The molecule has 0 saturated carbocycles. The monoisotopic (exact) mass is 289 g/mol. The molecule has 0 fully saturated rings. The van der Waals surface area contributed by atoms with E-state index in [0.717, 1.165) is 6.07 Å². The van der Waals surface area contributed by atoms with Gasteiger partial charge in [0.05, 0.1) is 29.7 Å². The van der Waals surface area contributed by atoms with Crippen molar-refractivity contribution in [3.05, 3.63) is 45.7 Å². The zero-order chi connectivity index (χ0) is 15.4. The molecule has 1 heterocycles. The van der Waals surface area contributed by atoms with Crippen LogP contribution in [0, 0.1) is 0 Å². The largest absolute Gasteiger partial charge is 0.462 e. The molecule has 0 spiro atoms. The van der Waals surface area contributed by atoms with E-state index in [1.807, 2.05) is 0 Å². The molecule has 0 aliphatic rings. The van der Waals surface area contributed by atoms with Crippen LogP contribution in [-0.2, 0) is 9.47 Å². The van der Waals surface area contributed by atoms with Crippen molar-refractivity contribution in [3.63, 3.8) is 0 Å². The van der Waals surface area contributed by atoms with Crippen molar-refractivity contribution in [2.45, 2.75) is 13.8 Å². The van der Waals surface area contributed by atoms with Crippen molar-refractivity contribution in [2.24, 2.45) is 0 Å². The first-order valence-corrected chi connectivity index (χ1v) is 6.58. The van der Waals surface area contributed by atoms with E-state index >= 15 is 0 Å². The number of H-pyrrole nitrogens is 1. The average Bonchev–Trinajstić information content (AvgIpc) is 2.47. The molecule has 1 aromatic carbocycles. The van der Waals surface area contributed by atoms with Crippen molar-refractivity contribution in [1.29, 1.82) is 0 Å². The first-order chi connectivity index (χ1) is 10.1. The topological polar surface area (TPSA) is 85.5 Å². The maximum absolute atomic E-state index is 12.2. The molecule has 0 aliphatic heterocycles. The predicted octanol–water partition coefficient (Wildman–Crippen LogP) is 1.88. The number of benzene rings is 1. The SMILES string of the molecule is CCOC(=O)c1cc(=O)c2c(C(=O)OCC)cccc2[nH]1. The number of pyridine rings is 1. The van der Waals surface area contributed by atoms with Crippen LogP contribution in [-0.4, -0.2) is 30.1 Å². The van der Waals surface area contributed by atoms with E-state index in [1.165, 1.54) is 6.07 Å². The van der Waals surface area contributed by atoms with E-state index in [9.17, 15) is 14.4 Å². The van der Waals surface area contributed by atoms with Crippen LogP contribution in [0.15, 0.2) is 29.1 Å². The molecular weight excluding hydrogens is 274 g/mol. The van der Waals surface area contributed by atoms with Gasteiger partial charge in [0.2, 0.25) is 0 Å². The quantitative estimate of drug-likeness (QED) is 0.869. The third kappa shape index (κ3) is 2.94. The smallest absolute Gasteiger partial charge is 0.354 e. The summed E-state index contributed by atoms with van der Waals surface area (Å²) < 4.78 is 9.77. The highest BCUT2D eigenvalue weighted by Gasteiger charge is 2.16. The standard InChI is InChI=1S/C15H15NO5/c1-3-20-14(18)9-6-5-7-10-13(9)12(17)8-11(16-10)15(19)21-4-2/h5-8H,3-4H2,1-2H3,(H,16,17). The van der Waals surface area contributed by atoms with Crippen molar-refractivity contribution in [3.8, 4) is 0 Å². The second-order valence-corrected chi connectivity index (χ2v) is 4.22. The number of nitrogens with one attached hydrogen (secondary N) is 1. The first-order valence-electron chi connectivity index (χ1n) is 6.58. The average molecular weight is 289 g/mol. The Labute approximate surface area is 120 Å². The summed E-state index contributed by atoms with van der Waals surface area (Å²) in [4.78, 5) is 38.6. The zero-order valence-corrected chi connectivity index (χ0v) is 11.8. The highest BCUT2D eigenvalue weighted by atomic mass is 16.5. The molecule has 0 atom stereocenters. The Morgan fingerprint density at radius 1 is 1.10 bits per heavy atom. The lowest BCUT2D eigenvalue weighted by Gasteiger charge is -2.07. The summed E-state index contributed by atoms with van der Waals surface area (Å²) in [7, 11) is 0. The fourth-order valence-electron chi connectivity index (χ4n) is 2.00. The molecule has 110 valence electrons. The summed E-state index contributed by atoms with van der Waals surface area (Å²) in [5.74, 6) is -1.18. The van der Waals surface area contributed by atoms with Crippen LogP contribution in [0.2, 0.25) is 0 Å². The van der Waals surface area contributed by atoms with Crippen LogP contribution >= 0.6 is 0 Å². The number of hydrogen-bond acceptors (Lipinski definition) is 5. The number of aromatic nitrogens is 1. The second-order valence-electron chi connectivity index (χ2n) is 4.22. The van der Waals surface area contributed by atoms with E-state index in [0.29, 0.717) is 5.52 Å². The van der Waals surface area contributed by atoms with Crippen molar-refractivity contribution in [1.82, 2.24) is 4.98 Å². The van der Waals surface area contributed by atoms with Crippen LogP contribution in [0.1, 0.15) is 34.7 Å². The molecule has 21 heavy (non-hydrogen) atoms. The molecule has 0 amide bonds. The van der Waals surface area contributed by atoms with E-state index in [4.69, 9.17) is 9.47 Å². The van der Waals surface area contributed by atoms with Gasteiger partial charge in [0.15, 0.2) is 5.43 Å². The molecule has 6 nitrogen and oxygen atoms in total. The van der Waals surface area contributed by atoms with Gasteiger partial charge in [-0.1, -0.05) is 6.07 Å². The van der Waals surface area contributed by atoms with E-state index < -0.39 is 17.4 Å². The van der Waals surface area contributed by atoms with Gasteiger partial charge in [-0.3, -0.25) is 4.79 Å². The molecular formula is C15H15NO5. The highest BCUT2D eigenvalue weighted by molar-refractivity contribution is 6.04. The van der Waals surface area contributed by atoms with Crippen LogP contribution in [0.3, 0.4) is 0 Å². The molecule has 0 saturated heterocycles. The van der Waals surface area contributed by atoms with Crippen LogP contribution < -0.4 is 5.43 Å². The number of esters is 2. The van der Waals surface area contributed by atoms with E-state index in [-0.39, 0.29) is 29.9 Å². The van der Waals surface area contributed by atoms with E-state index in [2.05, 4.69) is 4.98 Å². The number of carbonyl (C=O) groups excluding carboxylic acids is 2. The Morgan fingerprint density at radius 2 is 1.76 bits per heavy atom. The summed E-state index contributed by atoms with van der Waals surface area (Å²) in [5, 5.41) is 0.198. The normalized spacial score (nSPS) is 10.4. The minimum absolute atomic E-state index is 0.0513. The van der Waals surface area contributed by atoms with Crippen LogP contribution in [0.5, 0.6) is 0 Å². The molecule has 0 radical (unpaired) electrons. The summed E-state index contributed by atoms with van der Waals surface area (Å²) in [6.45, 7) is 3.79. The van der Waals surface area contributed by atoms with Gasteiger partial charge in [-0.2, -0.15) is 0 Å². The Balaban J connectivity index is 2.60. The number of aromatic amines is 1. The van der Waals surface area contributed by atoms with E-state index in [1.54, 1.807) is 26.0 Å². The fraction of sp³-hybridized carbons (Fsp3) is 0.267. The molecule has 2 aromatic rings. The minimum atomic E-state index is -0.613. The molecule has 6 heteroatoms. The van der Waals surface area contributed by atoms with Gasteiger partial charge >= 0.3 is 11.9 Å². The Bertz CT molecular complexity index is 747. The Hall–Kier alpha value is -2.63. The number of rotatable bonds is 4. The van der Waals surface area contributed by atoms with Gasteiger partial charge in [-0.25, -0.2) is 9.59 Å². The third-order valence-electron chi connectivity index (χ3n) is 2.85. The molecule has 0 unspecified atom stereocenters. The highest BCUT2D eigenvalue weighted by Crippen LogP contribution is 2.15. The lowest BCUT2D eigenvalue weighted by Crippen LogP contribution is -2.16. The maximum atomic E-state index is 12.2. The first kappa shape index (κ1) is 14.8. The molecule has 2 rings (SSSR count).